The second kappa shape index (κ2) is 6.79. The van der Waals surface area contributed by atoms with Crippen molar-refractivity contribution < 1.29 is 14.6 Å². The molecule has 0 heterocycles. The fourth-order valence-electron chi connectivity index (χ4n) is 0.968. The van der Waals surface area contributed by atoms with E-state index in [4.69, 9.17) is 9.84 Å². The molecule has 4 heteroatoms. The lowest BCUT2D eigenvalue weighted by Gasteiger charge is -2.21. The van der Waals surface area contributed by atoms with Crippen LogP contribution in [-0.2, 0) is 9.53 Å². The molecule has 0 saturated heterocycles. The van der Waals surface area contributed by atoms with Crippen molar-refractivity contribution in [2.75, 3.05) is 13.2 Å². The molecule has 0 aromatic rings. The fourth-order valence-corrected chi connectivity index (χ4v) is 0.968. The van der Waals surface area contributed by atoms with Crippen LogP contribution in [0.5, 0.6) is 0 Å². The van der Waals surface area contributed by atoms with Crippen LogP contribution >= 0.6 is 0 Å². The summed E-state index contributed by atoms with van der Waals surface area (Å²) in [6.45, 7) is 7.93. The minimum Gasteiger partial charge on any atom is -0.396 e. The normalized spacial score (nSPS) is 17.2. The molecule has 1 amide bonds. The van der Waals surface area contributed by atoms with Gasteiger partial charge in [-0.05, 0) is 26.7 Å². The summed E-state index contributed by atoms with van der Waals surface area (Å²) in [5.74, 6) is -0.0626. The molecule has 0 aliphatic rings. The summed E-state index contributed by atoms with van der Waals surface area (Å²) in [6.07, 6.45) is -0.423. The number of aliphatic hydroxyl groups is 1. The zero-order chi connectivity index (χ0) is 11.1. The Morgan fingerprint density at radius 2 is 2.00 bits per heavy atom. The summed E-state index contributed by atoms with van der Waals surface area (Å²) in [6, 6.07) is -0.0320. The smallest absolute Gasteiger partial charge is 0.249 e. The first kappa shape index (κ1) is 13.4. The van der Waals surface area contributed by atoms with Crippen molar-refractivity contribution in [3.8, 4) is 0 Å². The average molecular weight is 203 g/mol. The van der Waals surface area contributed by atoms with E-state index in [9.17, 15) is 4.79 Å². The van der Waals surface area contributed by atoms with Gasteiger partial charge in [-0.2, -0.15) is 0 Å². The third-order valence-electron chi connectivity index (χ3n) is 2.30. The third kappa shape index (κ3) is 4.58. The number of nitrogens with one attached hydrogen (secondary N) is 1. The molecule has 0 aliphatic heterocycles. The molecule has 4 nitrogen and oxygen atoms in total. The van der Waals surface area contributed by atoms with Crippen molar-refractivity contribution >= 4 is 5.91 Å². The molecule has 0 fully saturated rings. The van der Waals surface area contributed by atoms with E-state index >= 15 is 0 Å². The second-order valence-corrected chi connectivity index (χ2v) is 3.55. The monoisotopic (exact) mass is 203 g/mol. The summed E-state index contributed by atoms with van der Waals surface area (Å²) >= 11 is 0. The van der Waals surface area contributed by atoms with Crippen molar-refractivity contribution in [3.05, 3.63) is 0 Å². The quantitative estimate of drug-likeness (QED) is 0.662. The largest absolute Gasteiger partial charge is 0.396 e. The molecule has 0 aromatic heterocycles. The molecule has 0 radical (unpaired) electrons. The van der Waals surface area contributed by atoms with Gasteiger partial charge in [0, 0.05) is 19.3 Å². The minimum atomic E-state index is -0.423. The summed E-state index contributed by atoms with van der Waals surface area (Å²) in [5, 5.41) is 11.7. The van der Waals surface area contributed by atoms with E-state index in [2.05, 4.69) is 5.32 Å². The summed E-state index contributed by atoms with van der Waals surface area (Å²) in [7, 11) is 0. The molecule has 14 heavy (non-hydrogen) atoms. The van der Waals surface area contributed by atoms with E-state index in [1.54, 1.807) is 6.92 Å². The maximum Gasteiger partial charge on any atom is 0.249 e. The standard InChI is InChI=1S/C10H21NO3/c1-5-14-9(4)10(13)11-8(3)7(2)6-12/h7-9,12H,5-6H2,1-4H3,(H,11,13). The van der Waals surface area contributed by atoms with Crippen LogP contribution in [0.25, 0.3) is 0 Å². The molecule has 0 spiro atoms. The Hall–Kier alpha value is -0.610. The van der Waals surface area contributed by atoms with E-state index in [1.807, 2.05) is 20.8 Å². The first-order valence-electron chi connectivity index (χ1n) is 5.05. The lowest BCUT2D eigenvalue weighted by Crippen LogP contribution is -2.43. The van der Waals surface area contributed by atoms with Crippen LogP contribution in [0.15, 0.2) is 0 Å². The van der Waals surface area contributed by atoms with E-state index in [0.717, 1.165) is 0 Å². The summed E-state index contributed by atoms with van der Waals surface area (Å²) < 4.78 is 5.14. The molecular weight excluding hydrogens is 182 g/mol. The predicted octanol–water partition coefficient (Wildman–Crippen LogP) is 0.544. The number of ether oxygens (including phenoxy) is 1. The number of carbonyl (C=O) groups is 1. The fraction of sp³-hybridized carbons (Fsp3) is 0.900. The first-order chi connectivity index (χ1) is 6.52. The Kier molecular flexibility index (Phi) is 6.49. The van der Waals surface area contributed by atoms with Crippen molar-refractivity contribution in [2.45, 2.75) is 39.8 Å². The van der Waals surface area contributed by atoms with Crippen LogP contribution in [0.2, 0.25) is 0 Å². The summed E-state index contributed by atoms with van der Waals surface area (Å²) in [4.78, 5) is 11.4. The molecule has 0 aliphatic carbocycles. The highest BCUT2D eigenvalue weighted by molar-refractivity contribution is 5.80. The lowest BCUT2D eigenvalue weighted by molar-refractivity contribution is -0.132. The van der Waals surface area contributed by atoms with Crippen LogP contribution < -0.4 is 5.32 Å². The van der Waals surface area contributed by atoms with Crippen LogP contribution in [0.4, 0.5) is 0 Å². The maximum absolute atomic E-state index is 11.4. The van der Waals surface area contributed by atoms with Gasteiger partial charge in [-0.25, -0.2) is 0 Å². The Bertz CT molecular complexity index is 173. The van der Waals surface area contributed by atoms with Gasteiger partial charge in [0.05, 0.1) is 0 Å². The minimum absolute atomic E-state index is 0.0320. The highest BCUT2D eigenvalue weighted by Gasteiger charge is 2.18. The topological polar surface area (TPSA) is 58.6 Å². The van der Waals surface area contributed by atoms with Gasteiger partial charge in [0.25, 0.3) is 0 Å². The van der Waals surface area contributed by atoms with Crippen LogP contribution in [0.1, 0.15) is 27.7 Å². The SMILES string of the molecule is CCOC(C)C(=O)NC(C)C(C)CO. The number of hydrogen-bond donors (Lipinski definition) is 2. The third-order valence-corrected chi connectivity index (χ3v) is 2.30. The number of carbonyl (C=O) groups excluding carboxylic acids is 1. The van der Waals surface area contributed by atoms with E-state index in [-0.39, 0.29) is 24.5 Å². The van der Waals surface area contributed by atoms with E-state index in [1.165, 1.54) is 0 Å². The van der Waals surface area contributed by atoms with Gasteiger partial charge in [0.15, 0.2) is 0 Å². The molecule has 3 unspecified atom stereocenters. The molecular formula is C10H21NO3. The molecule has 0 aromatic carbocycles. The molecule has 0 saturated carbocycles. The Morgan fingerprint density at radius 3 is 2.43 bits per heavy atom. The maximum atomic E-state index is 11.4. The summed E-state index contributed by atoms with van der Waals surface area (Å²) in [5.41, 5.74) is 0. The molecule has 84 valence electrons. The van der Waals surface area contributed by atoms with E-state index in [0.29, 0.717) is 6.61 Å². The van der Waals surface area contributed by atoms with Crippen molar-refractivity contribution in [2.24, 2.45) is 5.92 Å². The van der Waals surface area contributed by atoms with Gasteiger partial charge < -0.3 is 15.2 Å². The van der Waals surface area contributed by atoms with Gasteiger partial charge in [-0.1, -0.05) is 6.92 Å². The van der Waals surface area contributed by atoms with Crippen LogP contribution in [-0.4, -0.2) is 36.4 Å². The number of amides is 1. The van der Waals surface area contributed by atoms with Gasteiger partial charge in [0.2, 0.25) is 5.91 Å². The average Bonchev–Trinajstić information content (AvgIpc) is 2.16. The number of hydrogen-bond acceptors (Lipinski definition) is 3. The van der Waals surface area contributed by atoms with Crippen LogP contribution in [0, 0.1) is 5.92 Å². The van der Waals surface area contributed by atoms with Gasteiger partial charge in [-0.3, -0.25) is 4.79 Å². The number of rotatable bonds is 6. The Morgan fingerprint density at radius 1 is 1.43 bits per heavy atom. The Labute approximate surface area is 85.6 Å². The molecule has 3 atom stereocenters. The zero-order valence-electron chi connectivity index (χ0n) is 9.41. The highest BCUT2D eigenvalue weighted by atomic mass is 16.5. The van der Waals surface area contributed by atoms with E-state index < -0.39 is 6.10 Å². The Balaban J connectivity index is 3.92. The highest BCUT2D eigenvalue weighted by Crippen LogP contribution is 2.01. The van der Waals surface area contributed by atoms with Crippen molar-refractivity contribution in [3.63, 3.8) is 0 Å². The lowest BCUT2D eigenvalue weighted by atomic mass is 10.1. The second-order valence-electron chi connectivity index (χ2n) is 3.55. The predicted molar refractivity (Wildman–Crippen MR) is 54.9 cm³/mol. The van der Waals surface area contributed by atoms with Crippen LogP contribution in [0.3, 0.4) is 0 Å². The zero-order valence-corrected chi connectivity index (χ0v) is 9.41. The molecule has 0 bridgehead atoms. The van der Waals surface area contributed by atoms with Gasteiger partial charge in [0.1, 0.15) is 6.10 Å². The number of aliphatic hydroxyl groups excluding tert-OH is 1. The van der Waals surface area contributed by atoms with Crippen molar-refractivity contribution in [1.29, 1.82) is 0 Å². The first-order valence-corrected chi connectivity index (χ1v) is 5.05. The molecule has 0 rings (SSSR count). The molecule has 2 N–H and O–H groups in total. The van der Waals surface area contributed by atoms with Gasteiger partial charge in [-0.15, -0.1) is 0 Å². The van der Waals surface area contributed by atoms with Crippen molar-refractivity contribution in [1.82, 2.24) is 5.32 Å². The van der Waals surface area contributed by atoms with Gasteiger partial charge >= 0.3 is 0 Å².